The van der Waals surface area contributed by atoms with Crippen LogP contribution in [0.2, 0.25) is 0 Å². The molecular formula is C13H15NO3. The predicted octanol–water partition coefficient (Wildman–Crippen LogP) is 3.37. The van der Waals surface area contributed by atoms with Gasteiger partial charge in [-0.25, -0.2) is 0 Å². The Kier molecular flexibility index (Phi) is 5.07. The fraction of sp³-hybridized carbons (Fsp3) is 0.308. The third-order valence-electron chi connectivity index (χ3n) is 2.44. The van der Waals surface area contributed by atoms with E-state index in [1.54, 1.807) is 24.3 Å². The minimum atomic E-state index is -0.436. The quantitative estimate of drug-likeness (QED) is 0.327. The van der Waals surface area contributed by atoms with E-state index in [0.717, 1.165) is 19.1 Å². The van der Waals surface area contributed by atoms with E-state index in [4.69, 9.17) is 0 Å². The van der Waals surface area contributed by atoms with Crippen LogP contribution in [0.1, 0.15) is 31.7 Å². The summed E-state index contributed by atoms with van der Waals surface area (Å²) in [5.41, 5.74) is 1.11. The molecule has 0 aliphatic heterocycles. The van der Waals surface area contributed by atoms with Crippen LogP contribution in [0.15, 0.2) is 29.8 Å². The van der Waals surface area contributed by atoms with E-state index in [0.29, 0.717) is 17.6 Å². The molecule has 0 aliphatic carbocycles. The number of nitro benzene ring substituents is 1. The van der Waals surface area contributed by atoms with Gasteiger partial charge in [-0.2, -0.15) is 0 Å². The zero-order chi connectivity index (χ0) is 12.7. The number of hydrogen-bond acceptors (Lipinski definition) is 3. The van der Waals surface area contributed by atoms with E-state index in [1.165, 1.54) is 6.07 Å². The molecule has 0 atom stereocenters. The average Bonchev–Trinajstić information content (AvgIpc) is 2.34. The topological polar surface area (TPSA) is 60.2 Å². The number of allylic oxidation sites excluding steroid dienone is 1. The van der Waals surface area contributed by atoms with Crippen LogP contribution < -0.4 is 0 Å². The molecule has 0 saturated heterocycles. The van der Waals surface area contributed by atoms with Crippen molar-refractivity contribution in [3.63, 3.8) is 0 Å². The van der Waals surface area contributed by atoms with Gasteiger partial charge in [-0.3, -0.25) is 14.9 Å². The smallest absolute Gasteiger partial charge is 0.276 e. The first kappa shape index (κ1) is 13.1. The standard InChI is InChI=1S/C13H15NO3/c1-2-3-6-11(10-15)9-12-7-4-5-8-13(12)14(16)17/h4-5,7-10H,2-3,6H2,1H3. The summed E-state index contributed by atoms with van der Waals surface area (Å²) in [7, 11) is 0. The molecule has 0 aromatic heterocycles. The van der Waals surface area contributed by atoms with Gasteiger partial charge in [0.25, 0.3) is 5.69 Å². The van der Waals surface area contributed by atoms with E-state index in [-0.39, 0.29) is 5.69 Å². The normalized spacial score (nSPS) is 11.2. The van der Waals surface area contributed by atoms with E-state index in [2.05, 4.69) is 0 Å². The lowest BCUT2D eigenvalue weighted by molar-refractivity contribution is -0.385. The van der Waals surface area contributed by atoms with E-state index in [9.17, 15) is 14.9 Å². The SMILES string of the molecule is CCCCC(C=O)=Cc1ccccc1[N+](=O)[O-]. The van der Waals surface area contributed by atoms with Crippen LogP contribution in [0.5, 0.6) is 0 Å². The molecule has 0 amide bonds. The maximum Gasteiger partial charge on any atom is 0.276 e. The number of carbonyl (C=O) groups is 1. The molecule has 0 aliphatic rings. The number of nitro groups is 1. The Morgan fingerprint density at radius 1 is 1.41 bits per heavy atom. The third-order valence-corrected chi connectivity index (χ3v) is 2.44. The summed E-state index contributed by atoms with van der Waals surface area (Å²) in [6, 6.07) is 6.42. The molecular weight excluding hydrogens is 218 g/mol. The summed E-state index contributed by atoms with van der Waals surface area (Å²) in [6.07, 6.45) is 4.92. The van der Waals surface area contributed by atoms with Crippen molar-refractivity contribution in [2.45, 2.75) is 26.2 Å². The molecule has 1 aromatic carbocycles. The minimum Gasteiger partial charge on any atom is -0.298 e. The highest BCUT2D eigenvalue weighted by Crippen LogP contribution is 2.21. The molecule has 0 spiro atoms. The first-order chi connectivity index (χ1) is 8.19. The number of aldehydes is 1. The molecule has 0 bridgehead atoms. The molecule has 0 radical (unpaired) electrons. The lowest BCUT2D eigenvalue weighted by Gasteiger charge is -2.00. The number of unbranched alkanes of at least 4 members (excludes halogenated alkanes) is 1. The largest absolute Gasteiger partial charge is 0.298 e. The molecule has 0 heterocycles. The van der Waals surface area contributed by atoms with Crippen LogP contribution >= 0.6 is 0 Å². The van der Waals surface area contributed by atoms with Crippen LogP contribution in [-0.2, 0) is 4.79 Å². The van der Waals surface area contributed by atoms with Crippen LogP contribution in [0.25, 0.3) is 6.08 Å². The Labute approximate surface area is 100 Å². The summed E-state index contributed by atoms with van der Waals surface area (Å²) in [6.45, 7) is 2.04. The molecule has 1 aromatic rings. The van der Waals surface area contributed by atoms with Crippen molar-refractivity contribution >= 4 is 18.0 Å². The van der Waals surface area contributed by atoms with Crippen LogP contribution in [0.3, 0.4) is 0 Å². The van der Waals surface area contributed by atoms with Crippen LogP contribution in [-0.4, -0.2) is 11.2 Å². The van der Waals surface area contributed by atoms with Gasteiger partial charge in [-0.1, -0.05) is 25.5 Å². The molecule has 17 heavy (non-hydrogen) atoms. The lowest BCUT2D eigenvalue weighted by atomic mass is 10.1. The lowest BCUT2D eigenvalue weighted by Crippen LogP contribution is -1.92. The summed E-state index contributed by atoms with van der Waals surface area (Å²) < 4.78 is 0. The van der Waals surface area contributed by atoms with Crippen LogP contribution in [0.4, 0.5) is 5.69 Å². The van der Waals surface area contributed by atoms with Gasteiger partial charge in [0.1, 0.15) is 6.29 Å². The molecule has 4 nitrogen and oxygen atoms in total. The molecule has 0 N–H and O–H groups in total. The monoisotopic (exact) mass is 233 g/mol. The Morgan fingerprint density at radius 2 is 2.12 bits per heavy atom. The average molecular weight is 233 g/mol. The second kappa shape index (κ2) is 6.58. The number of rotatable bonds is 6. The molecule has 1 rings (SSSR count). The maximum atomic E-state index is 10.9. The zero-order valence-corrected chi connectivity index (χ0v) is 9.76. The Hall–Kier alpha value is -1.97. The van der Waals surface area contributed by atoms with Gasteiger partial charge in [-0.05, 0) is 30.6 Å². The Bertz CT molecular complexity index is 438. The highest BCUT2D eigenvalue weighted by molar-refractivity contribution is 5.83. The third kappa shape index (κ3) is 3.83. The predicted molar refractivity (Wildman–Crippen MR) is 66.7 cm³/mol. The van der Waals surface area contributed by atoms with Crippen molar-refractivity contribution in [3.8, 4) is 0 Å². The second-order valence-corrected chi connectivity index (χ2v) is 3.76. The van der Waals surface area contributed by atoms with Gasteiger partial charge in [0.05, 0.1) is 10.5 Å². The molecule has 0 saturated carbocycles. The summed E-state index contributed by atoms with van der Waals surface area (Å²) in [5.74, 6) is 0. The fourth-order valence-corrected chi connectivity index (χ4v) is 1.52. The second-order valence-electron chi connectivity index (χ2n) is 3.76. The van der Waals surface area contributed by atoms with E-state index in [1.807, 2.05) is 6.92 Å². The number of benzene rings is 1. The van der Waals surface area contributed by atoms with Gasteiger partial charge in [0.2, 0.25) is 0 Å². The van der Waals surface area contributed by atoms with Gasteiger partial charge in [0.15, 0.2) is 0 Å². The molecule has 4 heteroatoms. The summed E-state index contributed by atoms with van der Waals surface area (Å²) in [5, 5.41) is 10.8. The van der Waals surface area contributed by atoms with Gasteiger partial charge >= 0.3 is 0 Å². The van der Waals surface area contributed by atoms with Gasteiger partial charge < -0.3 is 0 Å². The Morgan fingerprint density at radius 3 is 2.71 bits per heavy atom. The number of carbonyl (C=O) groups excluding carboxylic acids is 1. The van der Waals surface area contributed by atoms with Crippen molar-refractivity contribution < 1.29 is 9.72 Å². The maximum absolute atomic E-state index is 10.9. The minimum absolute atomic E-state index is 0.0309. The number of hydrogen-bond donors (Lipinski definition) is 0. The first-order valence-electron chi connectivity index (χ1n) is 5.58. The van der Waals surface area contributed by atoms with Crippen LogP contribution in [0, 0.1) is 10.1 Å². The van der Waals surface area contributed by atoms with Crippen molar-refractivity contribution in [2.75, 3.05) is 0 Å². The van der Waals surface area contributed by atoms with Crippen molar-refractivity contribution in [1.29, 1.82) is 0 Å². The first-order valence-corrected chi connectivity index (χ1v) is 5.58. The van der Waals surface area contributed by atoms with Crippen molar-refractivity contribution in [3.05, 3.63) is 45.5 Å². The van der Waals surface area contributed by atoms with Gasteiger partial charge in [0, 0.05) is 6.07 Å². The highest BCUT2D eigenvalue weighted by atomic mass is 16.6. The number of nitrogens with zero attached hydrogens (tertiary/aromatic N) is 1. The van der Waals surface area contributed by atoms with E-state index < -0.39 is 4.92 Å². The molecule has 0 unspecified atom stereocenters. The highest BCUT2D eigenvalue weighted by Gasteiger charge is 2.10. The Balaban J connectivity index is 3.02. The fourth-order valence-electron chi connectivity index (χ4n) is 1.52. The van der Waals surface area contributed by atoms with E-state index >= 15 is 0 Å². The zero-order valence-electron chi connectivity index (χ0n) is 9.76. The van der Waals surface area contributed by atoms with Gasteiger partial charge in [-0.15, -0.1) is 0 Å². The summed E-state index contributed by atoms with van der Waals surface area (Å²) >= 11 is 0. The number of para-hydroxylation sites is 1. The van der Waals surface area contributed by atoms with Crippen molar-refractivity contribution in [2.24, 2.45) is 0 Å². The summed E-state index contributed by atoms with van der Waals surface area (Å²) in [4.78, 5) is 21.2. The van der Waals surface area contributed by atoms with Crippen molar-refractivity contribution in [1.82, 2.24) is 0 Å². The molecule has 0 fully saturated rings. The molecule has 90 valence electrons.